The van der Waals surface area contributed by atoms with E-state index in [0.717, 1.165) is 12.8 Å². The van der Waals surface area contributed by atoms with E-state index in [0.29, 0.717) is 23.0 Å². The molecule has 1 aliphatic carbocycles. The van der Waals surface area contributed by atoms with Crippen LogP contribution in [0.1, 0.15) is 19.3 Å². The van der Waals surface area contributed by atoms with Crippen molar-refractivity contribution in [3.63, 3.8) is 0 Å². The zero-order valence-corrected chi connectivity index (χ0v) is 13.5. The first-order chi connectivity index (χ1) is 10.7. The van der Waals surface area contributed by atoms with Gasteiger partial charge in [0, 0.05) is 40.7 Å². The molecule has 1 aromatic carbocycles. The maximum atomic E-state index is 12.4. The van der Waals surface area contributed by atoms with Crippen LogP contribution in [0.2, 0.25) is 0 Å². The molecule has 1 aliphatic rings. The third-order valence-electron chi connectivity index (χ3n) is 3.55. The second-order valence-corrected chi connectivity index (χ2v) is 7.05. The summed E-state index contributed by atoms with van der Waals surface area (Å²) in [6.45, 7) is -0.0213. The Balaban J connectivity index is 2.01. The summed E-state index contributed by atoms with van der Waals surface area (Å²) >= 11 is 0. The summed E-state index contributed by atoms with van der Waals surface area (Å²) < 4.78 is 48.7. The van der Waals surface area contributed by atoms with Gasteiger partial charge < -0.3 is 10.2 Å². The number of nitrogens with one attached hydrogen (secondary N) is 1. The van der Waals surface area contributed by atoms with Gasteiger partial charge in [-0.25, -0.2) is 4.79 Å². The van der Waals surface area contributed by atoms with Crippen molar-refractivity contribution >= 4 is 22.5 Å². The highest BCUT2D eigenvalue weighted by Gasteiger charge is 2.32. The van der Waals surface area contributed by atoms with Crippen LogP contribution in [-0.2, 0) is 10.8 Å². The van der Waals surface area contributed by atoms with Crippen molar-refractivity contribution < 1.29 is 22.2 Å². The number of urea groups is 1. The Kier molecular flexibility index (Phi) is 5.67. The fourth-order valence-electron chi connectivity index (χ4n) is 2.10. The molecule has 0 spiro atoms. The quantitative estimate of drug-likeness (QED) is 0.854. The monoisotopic (exact) mass is 348 g/mol. The SMILES string of the molecule is C[S@](=O)c1cccc(NC(=O)N(CCC(F)(F)F)CC2CC2)c1. The number of halogens is 3. The number of benzene rings is 1. The number of hydrogen-bond acceptors (Lipinski definition) is 2. The maximum Gasteiger partial charge on any atom is 0.390 e. The molecule has 1 fully saturated rings. The molecule has 128 valence electrons. The fourth-order valence-corrected chi connectivity index (χ4v) is 2.67. The molecule has 0 unspecified atom stereocenters. The van der Waals surface area contributed by atoms with Gasteiger partial charge in [0.05, 0.1) is 6.42 Å². The van der Waals surface area contributed by atoms with E-state index in [2.05, 4.69) is 5.32 Å². The number of alkyl halides is 3. The summed E-state index contributed by atoms with van der Waals surface area (Å²) in [5.41, 5.74) is 0.426. The standard InChI is InChI=1S/C15H19F3N2O2S/c1-23(22)13-4-2-3-12(9-13)19-14(21)20(10-11-5-6-11)8-7-15(16,17)18/h2-4,9,11H,5-8,10H2,1H3,(H,19,21)/t23-/m0/s1. The largest absolute Gasteiger partial charge is 0.390 e. The number of carbonyl (C=O) groups is 1. The topological polar surface area (TPSA) is 49.4 Å². The Morgan fingerprint density at radius 2 is 2.09 bits per heavy atom. The molecule has 1 saturated carbocycles. The van der Waals surface area contributed by atoms with Crippen LogP contribution in [0.3, 0.4) is 0 Å². The van der Waals surface area contributed by atoms with Gasteiger partial charge in [-0.05, 0) is 37.0 Å². The first-order valence-corrected chi connectivity index (χ1v) is 8.86. The number of amides is 2. The predicted octanol–water partition coefficient (Wildman–Crippen LogP) is 3.62. The minimum atomic E-state index is -4.29. The molecule has 1 N–H and O–H groups in total. The number of carbonyl (C=O) groups excluding carboxylic acids is 1. The molecule has 2 amide bonds. The van der Waals surface area contributed by atoms with Crippen LogP contribution in [0.5, 0.6) is 0 Å². The second-order valence-electron chi connectivity index (χ2n) is 5.67. The van der Waals surface area contributed by atoms with Gasteiger partial charge in [0.15, 0.2) is 0 Å². The smallest absolute Gasteiger partial charge is 0.324 e. The zero-order chi connectivity index (χ0) is 17.0. The third-order valence-corrected chi connectivity index (χ3v) is 4.46. The van der Waals surface area contributed by atoms with Gasteiger partial charge in [-0.3, -0.25) is 4.21 Å². The molecule has 2 rings (SSSR count). The summed E-state index contributed by atoms with van der Waals surface area (Å²) in [5.74, 6) is 0.295. The first-order valence-electron chi connectivity index (χ1n) is 7.31. The number of anilines is 1. The van der Waals surface area contributed by atoms with Crippen LogP contribution in [0.25, 0.3) is 0 Å². The summed E-state index contributed by atoms with van der Waals surface area (Å²) in [6, 6.07) is 5.94. The van der Waals surface area contributed by atoms with Crippen molar-refractivity contribution in [3.05, 3.63) is 24.3 Å². The maximum absolute atomic E-state index is 12.4. The lowest BCUT2D eigenvalue weighted by atomic mass is 10.3. The summed E-state index contributed by atoms with van der Waals surface area (Å²) in [7, 11) is -1.19. The van der Waals surface area contributed by atoms with E-state index < -0.39 is 29.4 Å². The minimum Gasteiger partial charge on any atom is -0.324 e. The highest BCUT2D eigenvalue weighted by Crippen LogP contribution is 2.30. The Morgan fingerprint density at radius 3 is 2.65 bits per heavy atom. The van der Waals surface area contributed by atoms with Crippen molar-refractivity contribution in [2.75, 3.05) is 24.7 Å². The van der Waals surface area contributed by atoms with Crippen molar-refractivity contribution in [3.8, 4) is 0 Å². The molecule has 0 aliphatic heterocycles. The van der Waals surface area contributed by atoms with Crippen LogP contribution in [0.4, 0.5) is 23.7 Å². The lowest BCUT2D eigenvalue weighted by Crippen LogP contribution is -2.38. The van der Waals surface area contributed by atoms with E-state index in [4.69, 9.17) is 0 Å². The Hall–Kier alpha value is -1.57. The molecule has 0 aromatic heterocycles. The number of nitrogens with zero attached hydrogens (tertiary/aromatic N) is 1. The van der Waals surface area contributed by atoms with Crippen molar-refractivity contribution in [1.29, 1.82) is 0 Å². The van der Waals surface area contributed by atoms with E-state index in [1.54, 1.807) is 24.3 Å². The Labute approximate surface area is 135 Å². The molecule has 1 aromatic rings. The highest BCUT2D eigenvalue weighted by atomic mass is 32.2. The van der Waals surface area contributed by atoms with Gasteiger partial charge in [-0.1, -0.05) is 6.07 Å². The van der Waals surface area contributed by atoms with Crippen LogP contribution in [-0.4, -0.2) is 40.7 Å². The van der Waals surface area contributed by atoms with E-state index in [9.17, 15) is 22.2 Å². The minimum absolute atomic E-state index is 0.295. The second kappa shape index (κ2) is 7.33. The summed E-state index contributed by atoms with van der Waals surface area (Å²) in [5, 5.41) is 2.59. The Bertz CT molecular complexity index is 588. The van der Waals surface area contributed by atoms with Gasteiger partial charge in [-0.15, -0.1) is 0 Å². The molecule has 1 atom stereocenters. The normalized spacial score (nSPS) is 16.0. The molecule has 4 nitrogen and oxygen atoms in total. The van der Waals surface area contributed by atoms with E-state index in [1.165, 1.54) is 11.2 Å². The fraction of sp³-hybridized carbons (Fsp3) is 0.533. The lowest BCUT2D eigenvalue weighted by molar-refractivity contribution is -0.136. The van der Waals surface area contributed by atoms with Crippen molar-refractivity contribution in [2.24, 2.45) is 5.92 Å². The lowest BCUT2D eigenvalue weighted by Gasteiger charge is -2.23. The first kappa shape index (κ1) is 17.8. The summed E-state index contributed by atoms with van der Waals surface area (Å²) in [6.07, 6.45) is -1.91. The molecule has 8 heteroatoms. The Morgan fingerprint density at radius 1 is 1.39 bits per heavy atom. The van der Waals surface area contributed by atoms with Gasteiger partial charge >= 0.3 is 12.2 Å². The molecule has 0 bridgehead atoms. The number of rotatable bonds is 6. The average Bonchev–Trinajstić information content (AvgIpc) is 3.26. The predicted molar refractivity (Wildman–Crippen MR) is 82.8 cm³/mol. The average molecular weight is 348 g/mol. The van der Waals surface area contributed by atoms with Crippen molar-refractivity contribution in [1.82, 2.24) is 4.90 Å². The van der Waals surface area contributed by atoms with Crippen molar-refractivity contribution in [2.45, 2.75) is 30.3 Å². The van der Waals surface area contributed by atoms with E-state index in [-0.39, 0.29) is 6.54 Å². The van der Waals surface area contributed by atoms with Crippen LogP contribution >= 0.6 is 0 Å². The van der Waals surface area contributed by atoms with E-state index >= 15 is 0 Å². The molecule has 23 heavy (non-hydrogen) atoms. The molecular formula is C15H19F3N2O2S. The van der Waals surface area contributed by atoms with Gasteiger partial charge in [0.2, 0.25) is 0 Å². The molecule has 0 saturated heterocycles. The van der Waals surface area contributed by atoms with E-state index in [1.807, 2.05) is 0 Å². The highest BCUT2D eigenvalue weighted by molar-refractivity contribution is 7.84. The molecule has 0 heterocycles. The van der Waals surface area contributed by atoms with Gasteiger partial charge in [-0.2, -0.15) is 13.2 Å². The van der Waals surface area contributed by atoms with Crippen LogP contribution < -0.4 is 5.32 Å². The van der Waals surface area contributed by atoms with Gasteiger partial charge in [0.25, 0.3) is 0 Å². The molecular weight excluding hydrogens is 329 g/mol. The summed E-state index contributed by atoms with van der Waals surface area (Å²) in [4.78, 5) is 14.0. The zero-order valence-electron chi connectivity index (χ0n) is 12.7. The number of hydrogen-bond donors (Lipinski definition) is 1. The third kappa shape index (κ3) is 6.21. The van der Waals surface area contributed by atoms with Crippen LogP contribution in [0.15, 0.2) is 29.2 Å². The van der Waals surface area contributed by atoms with Gasteiger partial charge in [0.1, 0.15) is 0 Å². The van der Waals surface area contributed by atoms with Crippen LogP contribution in [0, 0.1) is 5.92 Å². The molecule has 0 radical (unpaired) electrons.